The summed E-state index contributed by atoms with van der Waals surface area (Å²) in [6.07, 6.45) is -0.650. The first-order valence-corrected chi connectivity index (χ1v) is 5.01. The van der Waals surface area contributed by atoms with Crippen molar-refractivity contribution in [1.29, 1.82) is 0 Å². The standard InChI is InChI=1S/C12H18FNO.ClH/c1-12(2,3)11(15)10(14)8-4-6-9(13)7-5-8;/h4-7,10-11,15H,14H2,1-3H3;1H/t10-,11-;/m0./s1. The normalized spacial score (nSPS) is 15.1. The molecule has 0 spiro atoms. The van der Waals surface area contributed by atoms with Gasteiger partial charge in [-0.1, -0.05) is 32.9 Å². The van der Waals surface area contributed by atoms with Gasteiger partial charge in [-0.05, 0) is 23.1 Å². The van der Waals surface area contributed by atoms with Crippen LogP contribution in [0.4, 0.5) is 4.39 Å². The molecule has 4 heteroatoms. The number of hydrogen-bond acceptors (Lipinski definition) is 2. The van der Waals surface area contributed by atoms with Gasteiger partial charge in [0.2, 0.25) is 0 Å². The van der Waals surface area contributed by atoms with E-state index >= 15 is 0 Å². The van der Waals surface area contributed by atoms with Gasteiger partial charge in [0.05, 0.1) is 12.1 Å². The zero-order valence-corrected chi connectivity index (χ0v) is 10.6. The van der Waals surface area contributed by atoms with E-state index in [1.165, 1.54) is 12.1 Å². The molecule has 2 nitrogen and oxygen atoms in total. The number of aliphatic hydroxyl groups is 1. The molecule has 0 heterocycles. The molecule has 0 saturated carbocycles. The Balaban J connectivity index is 0.00000225. The molecule has 1 aromatic rings. The lowest BCUT2D eigenvalue weighted by Crippen LogP contribution is -2.36. The van der Waals surface area contributed by atoms with Crippen LogP contribution in [0.2, 0.25) is 0 Å². The molecule has 2 atom stereocenters. The van der Waals surface area contributed by atoms with Crippen molar-refractivity contribution < 1.29 is 9.50 Å². The highest BCUT2D eigenvalue weighted by Gasteiger charge is 2.28. The molecule has 0 aliphatic carbocycles. The number of benzene rings is 1. The molecule has 0 bridgehead atoms. The first-order chi connectivity index (χ1) is 6.82. The van der Waals surface area contributed by atoms with Crippen LogP contribution in [0.1, 0.15) is 32.4 Å². The second-order valence-electron chi connectivity index (χ2n) is 4.89. The maximum Gasteiger partial charge on any atom is 0.123 e. The molecular weight excluding hydrogens is 229 g/mol. The molecule has 0 aromatic heterocycles. The lowest BCUT2D eigenvalue weighted by molar-refractivity contribution is 0.0401. The summed E-state index contributed by atoms with van der Waals surface area (Å²) >= 11 is 0. The van der Waals surface area contributed by atoms with Crippen LogP contribution in [0.15, 0.2) is 24.3 Å². The van der Waals surface area contributed by atoms with Gasteiger partial charge in [-0.15, -0.1) is 12.4 Å². The van der Waals surface area contributed by atoms with Gasteiger partial charge < -0.3 is 10.8 Å². The minimum Gasteiger partial charge on any atom is -0.391 e. The van der Waals surface area contributed by atoms with E-state index in [0.29, 0.717) is 0 Å². The van der Waals surface area contributed by atoms with Crippen LogP contribution in [-0.2, 0) is 0 Å². The van der Waals surface area contributed by atoms with Crippen molar-refractivity contribution in [3.8, 4) is 0 Å². The predicted octanol–water partition coefficient (Wildman–Crippen LogP) is 2.65. The molecule has 0 aliphatic heterocycles. The SMILES string of the molecule is CC(C)(C)[C@@H](O)[C@@H](N)c1ccc(F)cc1.Cl. The van der Waals surface area contributed by atoms with E-state index in [4.69, 9.17) is 5.73 Å². The first-order valence-electron chi connectivity index (χ1n) is 5.01. The Kier molecular flexibility index (Phi) is 5.39. The maximum atomic E-state index is 12.7. The quantitative estimate of drug-likeness (QED) is 0.844. The molecule has 1 aromatic carbocycles. The molecule has 0 unspecified atom stereocenters. The van der Waals surface area contributed by atoms with E-state index in [2.05, 4.69) is 0 Å². The van der Waals surface area contributed by atoms with Crippen molar-refractivity contribution in [1.82, 2.24) is 0 Å². The number of nitrogens with two attached hydrogens (primary N) is 1. The smallest absolute Gasteiger partial charge is 0.123 e. The maximum absolute atomic E-state index is 12.7. The van der Waals surface area contributed by atoms with Gasteiger partial charge in [-0.2, -0.15) is 0 Å². The van der Waals surface area contributed by atoms with Crippen LogP contribution in [0.3, 0.4) is 0 Å². The number of rotatable bonds is 2. The lowest BCUT2D eigenvalue weighted by Gasteiger charge is -2.31. The summed E-state index contributed by atoms with van der Waals surface area (Å²) in [6.45, 7) is 5.75. The minimum absolute atomic E-state index is 0. The average molecular weight is 248 g/mol. The van der Waals surface area contributed by atoms with Crippen molar-refractivity contribution in [3.63, 3.8) is 0 Å². The van der Waals surface area contributed by atoms with Crippen molar-refractivity contribution >= 4 is 12.4 Å². The van der Waals surface area contributed by atoms with Gasteiger partial charge >= 0.3 is 0 Å². The Morgan fingerprint density at radius 3 is 2.00 bits per heavy atom. The second kappa shape index (κ2) is 5.62. The monoisotopic (exact) mass is 247 g/mol. The highest BCUT2D eigenvalue weighted by atomic mass is 35.5. The Morgan fingerprint density at radius 2 is 1.62 bits per heavy atom. The Hall–Kier alpha value is -0.640. The van der Waals surface area contributed by atoms with Gasteiger partial charge in [0.25, 0.3) is 0 Å². The first kappa shape index (κ1) is 15.4. The highest BCUT2D eigenvalue weighted by molar-refractivity contribution is 5.85. The number of hydrogen-bond donors (Lipinski definition) is 2. The van der Waals surface area contributed by atoms with E-state index < -0.39 is 12.1 Å². The number of halogens is 2. The Labute approximate surface area is 102 Å². The summed E-state index contributed by atoms with van der Waals surface area (Å²) in [6, 6.07) is 5.43. The third kappa shape index (κ3) is 3.74. The lowest BCUT2D eigenvalue weighted by atomic mass is 9.82. The molecule has 0 aliphatic rings. The van der Waals surface area contributed by atoms with Crippen LogP contribution >= 0.6 is 12.4 Å². The zero-order chi connectivity index (χ0) is 11.6. The van der Waals surface area contributed by atoms with Gasteiger partial charge in [0, 0.05) is 0 Å². The van der Waals surface area contributed by atoms with E-state index in [1.807, 2.05) is 20.8 Å². The molecular formula is C12H19ClFNO. The third-order valence-electron chi connectivity index (χ3n) is 2.48. The fraction of sp³-hybridized carbons (Fsp3) is 0.500. The van der Waals surface area contributed by atoms with E-state index in [1.54, 1.807) is 12.1 Å². The minimum atomic E-state index is -0.650. The summed E-state index contributed by atoms with van der Waals surface area (Å²) in [5, 5.41) is 9.96. The van der Waals surface area contributed by atoms with Crippen LogP contribution in [0, 0.1) is 11.2 Å². The predicted molar refractivity (Wildman–Crippen MR) is 66.0 cm³/mol. The van der Waals surface area contributed by atoms with Crippen molar-refractivity contribution in [2.24, 2.45) is 11.1 Å². The van der Waals surface area contributed by atoms with E-state index in [9.17, 15) is 9.50 Å². The summed E-state index contributed by atoms with van der Waals surface area (Å²) < 4.78 is 12.7. The summed E-state index contributed by atoms with van der Waals surface area (Å²) in [5.74, 6) is -0.295. The average Bonchev–Trinajstić information content (AvgIpc) is 2.15. The molecule has 3 N–H and O–H groups in total. The molecule has 1 rings (SSSR count). The van der Waals surface area contributed by atoms with Gasteiger partial charge in [-0.3, -0.25) is 0 Å². The Bertz CT molecular complexity index is 321. The number of aliphatic hydroxyl groups excluding tert-OH is 1. The fourth-order valence-corrected chi connectivity index (χ4v) is 1.41. The van der Waals surface area contributed by atoms with Gasteiger partial charge in [0.15, 0.2) is 0 Å². The summed E-state index contributed by atoms with van der Waals surface area (Å²) in [4.78, 5) is 0. The third-order valence-corrected chi connectivity index (χ3v) is 2.48. The molecule has 92 valence electrons. The van der Waals surface area contributed by atoms with Crippen LogP contribution in [-0.4, -0.2) is 11.2 Å². The van der Waals surface area contributed by atoms with Gasteiger partial charge in [0.1, 0.15) is 5.82 Å². The molecule has 0 amide bonds. The fourth-order valence-electron chi connectivity index (χ4n) is 1.41. The highest BCUT2D eigenvalue weighted by Crippen LogP contribution is 2.28. The van der Waals surface area contributed by atoms with Crippen LogP contribution < -0.4 is 5.73 Å². The molecule has 0 radical (unpaired) electrons. The molecule has 0 fully saturated rings. The summed E-state index contributed by atoms with van der Waals surface area (Å²) in [5.41, 5.74) is 6.37. The van der Waals surface area contributed by atoms with Crippen molar-refractivity contribution in [3.05, 3.63) is 35.6 Å². The van der Waals surface area contributed by atoms with Crippen LogP contribution in [0.25, 0.3) is 0 Å². The molecule has 0 saturated heterocycles. The second-order valence-corrected chi connectivity index (χ2v) is 4.89. The topological polar surface area (TPSA) is 46.2 Å². The summed E-state index contributed by atoms with van der Waals surface area (Å²) in [7, 11) is 0. The Morgan fingerprint density at radius 1 is 1.19 bits per heavy atom. The van der Waals surface area contributed by atoms with Gasteiger partial charge in [-0.25, -0.2) is 4.39 Å². The van der Waals surface area contributed by atoms with Crippen molar-refractivity contribution in [2.75, 3.05) is 0 Å². The van der Waals surface area contributed by atoms with Crippen molar-refractivity contribution in [2.45, 2.75) is 32.9 Å². The largest absolute Gasteiger partial charge is 0.391 e. The van der Waals surface area contributed by atoms with E-state index in [-0.39, 0.29) is 23.6 Å². The zero-order valence-electron chi connectivity index (χ0n) is 9.77. The van der Waals surface area contributed by atoms with Crippen LogP contribution in [0.5, 0.6) is 0 Å². The van der Waals surface area contributed by atoms with E-state index in [0.717, 1.165) is 5.56 Å². The molecule has 16 heavy (non-hydrogen) atoms.